The zero-order chi connectivity index (χ0) is 14.7. The van der Waals surface area contributed by atoms with Gasteiger partial charge in [0.2, 0.25) is 0 Å². The average molecular weight is 309 g/mol. The van der Waals surface area contributed by atoms with Gasteiger partial charge in [0, 0.05) is 24.3 Å². The fourth-order valence-corrected chi connectivity index (χ4v) is 2.26. The van der Waals surface area contributed by atoms with Gasteiger partial charge in [-0.25, -0.2) is 0 Å². The lowest BCUT2D eigenvalue weighted by atomic mass is 10.1. The molecule has 0 aliphatic heterocycles. The SMILES string of the molecule is CN(Cc1ccccc1Cl)C(=O)c1cc(N)ccc1Cl. The molecule has 20 heavy (non-hydrogen) atoms. The lowest BCUT2D eigenvalue weighted by molar-refractivity contribution is 0.0785. The van der Waals surface area contributed by atoms with E-state index in [4.69, 9.17) is 28.9 Å². The first-order valence-electron chi connectivity index (χ1n) is 6.03. The normalized spacial score (nSPS) is 10.3. The lowest BCUT2D eigenvalue weighted by Gasteiger charge is -2.19. The highest BCUT2D eigenvalue weighted by Gasteiger charge is 2.16. The standard InChI is InChI=1S/C15H14Cl2N2O/c1-19(9-10-4-2-3-5-13(10)16)15(20)12-8-11(18)6-7-14(12)17/h2-8H,9,18H2,1H3. The molecule has 0 aromatic heterocycles. The largest absolute Gasteiger partial charge is 0.399 e. The molecule has 0 heterocycles. The molecule has 0 saturated carbocycles. The first kappa shape index (κ1) is 14.7. The quantitative estimate of drug-likeness (QED) is 0.875. The van der Waals surface area contributed by atoms with Crippen LogP contribution in [0, 0.1) is 0 Å². The second kappa shape index (κ2) is 6.16. The van der Waals surface area contributed by atoms with Crippen molar-refractivity contribution in [2.75, 3.05) is 12.8 Å². The third kappa shape index (κ3) is 3.24. The Morgan fingerprint density at radius 2 is 1.85 bits per heavy atom. The summed E-state index contributed by atoms with van der Waals surface area (Å²) >= 11 is 12.1. The molecule has 3 nitrogen and oxygen atoms in total. The monoisotopic (exact) mass is 308 g/mol. The van der Waals surface area contributed by atoms with Gasteiger partial charge in [-0.3, -0.25) is 4.79 Å². The maximum Gasteiger partial charge on any atom is 0.255 e. The van der Waals surface area contributed by atoms with Gasteiger partial charge in [-0.2, -0.15) is 0 Å². The zero-order valence-corrected chi connectivity index (χ0v) is 12.4. The molecule has 0 unspecified atom stereocenters. The number of amides is 1. The second-order valence-electron chi connectivity index (χ2n) is 4.49. The first-order valence-corrected chi connectivity index (χ1v) is 6.78. The molecule has 0 spiro atoms. The minimum atomic E-state index is -0.192. The Kier molecular flexibility index (Phi) is 4.53. The van der Waals surface area contributed by atoms with Crippen molar-refractivity contribution in [2.24, 2.45) is 0 Å². The van der Waals surface area contributed by atoms with Crippen LogP contribution in [0.5, 0.6) is 0 Å². The van der Waals surface area contributed by atoms with Crippen molar-refractivity contribution < 1.29 is 4.79 Å². The van der Waals surface area contributed by atoms with Gasteiger partial charge in [0.25, 0.3) is 5.91 Å². The highest BCUT2D eigenvalue weighted by atomic mass is 35.5. The van der Waals surface area contributed by atoms with Gasteiger partial charge in [-0.1, -0.05) is 41.4 Å². The fraction of sp³-hybridized carbons (Fsp3) is 0.133. The summed E-state index contributed by atoms with van der Waals surface area (Å²) in [6, 6.07) is 12.3. The number of nitrogens with zero attached hydrogens (tertiary/aromatic N) is 1. The molecular formula is C15H14Cl2N2O. The van der Waals surface area contributed by atoms with Crippen molar-refractivity contribution >= 4 is 34.8 Å². The zero-order valence-electron chi connectivity index (χ0n) is 10.9. The number of nitrogens with two attached hydrogens (primary N) is 1. The number of anilines is 1. The molecule has 0 saturated heterocycles. The number of carbonyl (C=O) groups excluding carboxylic acids is 1. The van der Waals surface area contributed by atoms with E-state index in [1.165, 1.54) is 0 Å². The Hall–Kier alpha value is -1.71. The highest BCUT2D eigenvalue weighted by Crippen LogP contribution is 2.22. The maximum atomic E-state index is 12.4. The Balaban J connectivity index is 2.21. The summed E-state index contributed by atoms with van der Waals surface area (Å²) in [4.78, 5) is 13.9. The van der Waals surface area contributed by atoms with E-state index in [0.29, 0.717) is 27.8 Å². The van der Waals surface area contributed by atoms with Crippen molar-refractivity contribution in [2.45, 2.75) is 6.54 Å². The van der Waals surface area contributed by atoms with Crippen molar-refractivity contribution in [1.82, 2.24) is 4.90 Å². The van der Waals surface area contributed by atoms with Gasteiger partial charge in [-0.05, 0) is 29.8 Å². The molecule has 1 amide bonds. The number of halogens is 2. The van der Waals surface area contributed by atoms with Crippen molar-refractivity contribution in [3.8, 4) is 0 Å². The number of rotatable bonds is 3. The third-order valence-electron chi connectivity index (χ3n) is 2.93. The van der Waals surface area contributed by atoms with Crippen LogP contribution in [0.25, 0.3) is 0 Å². The van der Waals surface area contributed by atoms with Gasteiger partial charge in [0.05, 0.1) is 10.6 Å². The minimum Gasteiger partial charge on any atom is -0.399 e. The minimum absolute atomic E-state index is 0.192. The van der Waals surface area contributed by atoms with E-state index in [9.17, 15) is 4.79 Å². The first-order chi connectivity index (χ1) is 9.49. The van der Waals surface area contributed by atoms with Gasteiger partial charge in [0.1, 0.15) is 0 Å². The molecule has 0 aliphatic carbocycles. The topological polar surface area (TPSA) is 46.3 Å². The van der Waals surface area contributed by atoms with Crippen LogP contribution in [0.1, 0.15) is 15.9 Å². The summed E-state index contributed by atoms with van der Waals surface area (Å²) in [5.41, 5.74) is 7.46. The highest BCUT2D eigenvalue weighted by molar-refractivity contribution is 6.34. The maximum absolute atomic E-state index is 12.4. The molecule has 0 bridgehead atoms. The van der Waals surface area contributed by atoms with Crippen LogP contribution in [0.2, 0.25) is 10.0 Å². The number of benzene rings is 2. The van der Waals surface area contributed by atoms with E-state index in [2.05, 4.69) is 0 Å². The number of hydrogen-bond acceptors (Lipinski definition) is 2. The van der Waals surface area contributed by atoms with E-state index in [1.54, 1.807) is 36.2 Å². The van der Waals surface area contributed by atoms with Crippen molar-refractivity contribution in [1.29, 1.82) is 0 Å². The van der Waals surface area contributed by atoms with Crippen LogP contribution in [-0.2, 0) is 6.54 Å². The molecule has 5 heteroatoms. The van der Waals surface area contributed by atoms with Gasteiger partial charge in [-0.15, -0.1) is 0 Å². The van der Waals surface area contributed by atoms with Crippen molar-refractivity contribution in [3.05, 3.63) is 63.6 Å². The van der Waals surface area contributed by atoms with Crippen LogP contribution in [0.3, 0.4) is 0 Å². The number of nitrogen functional groups attached to an aromatic ring is 1. The Morgan fingerprint density at radius 3 is 2.55 bits per heavy atom. The smallest absolute Gasteiger partial charge is 0.255 e. The lowest BCUT2D eigenvalue weighted by Crippen LogP contribution is -2.26. The van der Waals surface area contributed by atoms with E-state index < -0.39 is 0 Å². The molecule has 0 atom stereocenters. The van der Waals surface area contributed by atoms with E-state index in [-0.39, 0.29) is 5.91 Å². The molecule has 2 N–H and O–H groups in total. The van der Waals surface area contributed by atoms with Crippen molar-refractivity contribution in [3.63, 3.8) is 0 Å². The molecule has 0 fully saturated rings. The summed E-state index contributed by atoms with van der Waals surface area (Å²) < 4.78 is 0. The summed E-state index contributed by atoms with van der Waals surface area (Å²) in [6.07, 6.45) is 0. The van der Waals surface area contributed by atoms with Crippen LogP contribution in [-0.4, -0.2) is 17.9 Å². The predicted molar refractivity (Wildman–Crippen MR) is 83.1 cm³/mol. The van der Waals surface area contributed by atoms with Gasteiger partial charge in [0.15, 0.2) is 0 Å². The number of carbonyl (C=O) groups is 1. The summed E-state index contributed by atoms with van der Waals surface area (Å²) in [7, 11) is 1.70. The predicted octanol–water partition coefficient (Wildman–Crippen LogP) is 3.85. The third-order valence-corrected chi connectivity index (χ3v) is 3.63. The Bertz CT molecular complexity index is 644. The molecule has 0 aliphatic rings. The molecule has 2 aromatic rings. The molecule has 2 rings (SSSR count). The average Bonchev–Trinajstić information content (AvgIpc) is 2.43. The van der Waals surface area contributed by atoms with Crippen LogP contribution in [0.4, 0.5) is 5.69 Å². The van der Waals surface area contributed by atoms with Crippen LogP contribution >= 0.6 is 23.2 Å². The van der Waals surface area contributed by atoms with Gasteiger partial charge < -0.3 is 10.6 Å². The van der Waals surface area contributed by atoms with Crippen LogP contribution in [0.15, 0.2) is 42.5 Å². The Labute approximate surface area is 127 Å². The second-order valence-corrected chi connectivity index (χ2v) is 5.31. The van der Waals surface area contributed by atoms with E-state index in [1.807, 2.05) is 18.2 Å². The van der Waals surface area contributed by atoms with E-state index >= 15 is 0 Å². The molecule has 0 radical (unpaired) electrons. The van der Waals surface area contributed by atoms with E-state index in [0.717, 1.165) is 5.56 Å². The summed E-state index contributed by atoms with van der Waals surface area (Å²) in [6.45, 7) is 0.406. The molecular weight excluding hydrogens is 295 g/mol. The fourth-order valence-electron chi connectivity index (χ4n) is 1.87. The Morgan fingerprint density at radius 1 is 1.15 bits per heavy atom. The number of hydrogen-bond donors (Lipinski definition) is 1. The summed E-state index contributed by atoms with van der Waals surface area (Å²) in [5.74, 6) is -0.192. The molecule has 104 valence electrons. The summed E-state index contributed by atoms with van der Waals surface area (Å²) in [5, 5.41) is 1.01. The molecule has 2 aromatic carbocycles. The van der Waals surface area contributed by atoms with Gasteiger partial charge >= 0.3 is 0 Å². The van der Waals surface area contributed by atoms with Crippen LogP contribution < -0.4 is 5.73 Å².